The van der Waals surface area contributed by atoms with Gasteiger partial charge in [0.1, 0.15) is 0 Å². The van der Waals surface area contributed by atoms with Gasteiger partial charge in [0.25, 0.3) is 5.91 Å². The molecule has 0 saturated carbocycles. The number of amides is 1. The monoisotopic (exact) mass is 369 g/mol. The van der Waals surface area contributed by atoms with Crippen LogP contribution in [0.1, 0.15) is 33.2 Å². The quantitative estimate of drug-likeness (QED) is 0.697. The molecule has 0 spiro atoms. The molecule has 0 unspecified atom stereocenters. The number of carbonyl (C=O) groups is 1. The number of H-pyrrole nitrogens is 1. The lowest BCUT2D eigenvalue weighted by molar-refractivity contribution is 0.0942. The van der Waals surface area contributed by atoms with Gasteiger partial charge in [0.2, 0.25) is 0 Å². The second kappa shape index (κ2) is 7.52. The molecule has 3 rings (SSSR count). The van der Waals surface area contributed by atoms with Gasteiger partial charge < -0.3 is 15.2 Å². The third-order valence-corrected chi connectivity index (χ3v) is 5.26. The third kappa shape index (κ3) is 3.62. The Morgan fingerprint density at radius 1 is 1.19 bits per heavy atom. The Labute approximate surface area is 159 Å². The van der Waals surface area contributed by atoms with Gasteiger partial charge in [0.15, 0.2) is 0 Å². The molecule has 0 saturated heterocycles. The molecule has 1 aromatic heterocycles. The van der Waals surface area contributed by atoms with Crippen LogP contribution in [0.3, 0.4) is 0 Å². The summed E-state index contributed by atoms with van der Waals surface area (Å²) in [7, 11) is 3.97. The van der Waals surface area contributed by atoms with Crippen LogP contribution in [0.5, 0.6) is 0 Å². The summed E-state index contributed by atoms with van der Waals surface area (Å²) in [6.07, 6.45) is 0. The Bertz CT molecular complexity index is 946. The lowest BCUT2D eigenvalue weighted by Gasteiger charge is -2.26. The van der Waals surface area contributed by atoms with E-state index in [1.54, 1.807) is 0 Å². The number of hydrogen-bond acceptors (Lipinski definition) is 2. The van der Waals surface area contributed by atoms with Crippen molar-refractivity contribution in [2.45, 2.75) is 19.9 Å². The van der Waals surface area contributed by atoms with Gasteiger partial charge in [-0.25, -0.2) is 0 Å². The summed E-state index contributed by atoms with van der Waals surface area (Å²) in [6, 6.07) is 13.5. The summed E-state index contributed by atoms with van der Waals surface area (Å²) < 4.78 is 0. The zero-order valence-electron chi connectivity index (χ0n) is 15.6. The smallest absolute Gasteiger partial charge is 0.251 e. The highest BCUT2D eigenvalue weighted by Gasteiger charge is 2.18. The number of aryl methyl sites for hydroxylation is 2. The van der Waals surface area contributed by atoms with Gasteiger partial charge in [0, 0.05) is 33.7 Å². The van der Waals surface area contributed by atoms with Crippen molar-refractivity contribution in [3.8, 4) is 0 Å². The molecular formula is C21H24ClN3O. The summed E-state index contributed by atoms with van der Waals surface area (Å²) in [5.41, 5.74) is 5.03. The number of nitrogens with one attached hydrogen (secondary N) is 2. The zero-order valence-corrected chi connectivity index (χ0v) is 16.3. The Hall–Kier alpha value is -2.30. The number of aromatic nitrogens is 1. The van der Waals surface area contributed by atoms with Gasteiger partial charge in [-0.3, -0.25) is 4.79 Å². The fraction of sp³-hybridized carbons (Fsp3) is 0.286. The van der Waals surface area contributed by atoms with Gasteiger partial charge in [-0.1, -0.05) is 29.8 Å². The molecule has 26 heavy (non-hydrogen) atoms. The second-order valence-electron chi connectivity index (χ2n) is 6.85. The lowest BCUT2D eigenvalue weighted by atomic mass is 10.1. The predicted molar refractivity (Wildman–Crippen MR) is 108 cm³/mol. The van der Waals surface area contributed by atoms with Crippen molar-refractivity contribution in [1.29, 1.82) is 0 Å². The first-order valence-electron chi connectivity index (χ1n) is 8.66. The van der Waals surface area contributed by atoms with Crippen molar-refractivity contribution in [2.75, 3.05) is 20.6 Å². The van der Waals surface area contributed by atoms with Crippen molar-refractivity contribution < 1.29 is 4.79 Å². The van der Waals surface area contributed by atoms with Crippen LogP contribution < -0.4 is 5.32 Å². The van der Waals surface area contributed by atoms with E-state index in [0.717, 1.165) is 22.2 Å². The Morgan fingerprint density at radius 2 is 1.92 bits per heavy atom. The number of nitrogens with zero attached hydrogens (tertiary/aromatic N) is 1. The molecule has 3 aromatic rings. The SMILES string of the molecule is Cc1[nH]c2ccc(C(=O)NC[C@H](c3ccccc3Cl)N(C)C)cc2c1C. The summed E-state index contributed by atoms with van der Waals surface area (Å²) in [4.78, 5) is 18.1. The van der Waals surface area contributed by atoms with Gasteiger partial charge >= 0.3 is 0 Å². The maximum Gasteiger partial charge on any atom is 0.251 e. The van der Waals surface area contributed by atoms with Crippen molar-refractivity contribution in [1.82, 2.24) is 15.2 Å². The first-order valence-corrected chi connectivity index (χ1v) is 9.04. The number of hydrogen-bond donors (Lipinski definition) is 2. The minimum atomic E-state index is -0.0796. The van der Waals surface area contributed by atoms with Crippen molar-refractivity contribution in [3.05, 3.63) is 69.9 Å². The maximum atomic E-state index is 12.7. The summed E-state index contributed by atoms with van der Waals surface area (Å²) in [6.45, 7) is 4.59. The van der Waals surface area contributed by atoms with Crippen molar-refractivity contribution in [2.24, 2.45) is 0 Å². The van der Waals surface area contributed by atoms with Crippen molar-refractivity contribution in [3.63, 3.8) is 0 Å². The van der Waals surface area contributed by atoms with Gasteiger partial charge in [-0.2, -0.15) is 0 Å². The highest BCUT2D eigenvalue weighted by atomic mass is 35.5. The highest BCUT2D eigenvalue weighted by molar-refractivity contribution is 6.31. The number of halogens is 1. The molecule has 4 nitrogen and oxygen atoms in total. The minimum absolute atomic E-state index is 0.00706. The van der Waals surface area contributed by atoms with Crippen LogP contribution in [-0.4, -0.2) is 36.4 Å². The Morgan fingerprint density at radius 3 is 2.62 bits per heavy atom. The van der Waals surface area contributed by atoms with Crippen LogP contribution in [0.15, 0.2) is 42.5 Å². The van der Waals surface area contributed by atoms with Gasteiger partial charge in [-0.15, -0.1) is 0 Å². The van der Waals surface area contributed by atoms with Crippen LogP contribution in [0.4, 0.5) is 0 Å². The third-order valence-electron chi connectivity index (χ3n) is 4.91. The molecule has 0 aliphatic rings. The molecule has 0 fully saturated rings. The highest BCUT2D eigenvalue weighted by Crippen LogP contribution is 2.26. The Kier molecular flexibility index (Phi) is 5.35. The standard InChI is InChI=1S/C21H24ClN3O/c1-13-14(2)24-19-10-9-15(11-17(13)19)21(26)23-12-20(25(3)4)16-7-5-6-8-18(16)22/h5-11,20,24H,12H2,1-4H3,(H,23,26)/t20-/m1/s1. The predicted octanol–water partition coefficient (Wildman–Crippen LogP) is 4.47. The molecular weight excluding hydrogens is 346 g/mol. The normalized spacial score (nSPS) is 12.5. The first-order chi connectivity index (χ1) is 12.4. The largest absolute Gasteiger partial charge is 0.358 e. The fourth-order valence-corrected chi connectivity index (χ4v) is 3.47. The molecule has 0 aliphatic carbocycles. The molecule has 2 aromatic carbocycles. The summed E-state index contributed by atoms with van der Waals surface area (Å²) in [5.74, 6) is -0.0796. The van der Waals surface area contributed by atoms with Crippen LogP contribution >= 0.6 is 11.6 Å². The van der Waals surface area contributed by atoms with E-state index in [2.05, 4.69) is 22.1 Å². The van der Waals surface area contributed by atoms with E-state index in [1.165, 1.54) is 5.56 Å². The fourth-order valence-electron chi connectivity index (χ4n) is 3.21. The lowest BCUT2D eigenvalue weighted by Crippen LogP contribution is -2.34. The van der Waals surface area contributed by atoms with E-state index in [-0.39, 0.29) is 11.9 Å². The molecule has 1 atom stereocenters. The van der Waals surface area contributed by atoms with Gasteiger partial charge in [0.05, 0.1) is 6.04 Å². The van der Waals surface area contributed by atoms with E-state index >= 15 is 0 Å². The minimum Gasteiger partial charge on any atom is -0.358 e. The molecule has 0 bridgehead atoms. The number of aromatic amines is 1. The number of rotatable bonds is 5. The second-order valence-corrected chi connectivity index (χ2v) is 7.25. The van der Waals surface area contributed by atoms with Crippen LogP contribution in [-0.2, 0) is 0 Å². The van der Waals surface area contributed by atoms with E-state index in [1.807, 2.05) is 63.5 Å². The molecule has 0 aliphatic heterocycles. The molecule has 1 amide bonds. The molecule has 1 heterocycles. The van der Waals surface area contributed by atoms with Crippen molar-refractivity contribution >= 4 is 28.4 Å². The molecule has 2 N–H and O–H groups in total. The van der Waals surface area contributed by atoms with E-state index in [9.17, 15) is 4.79 Å². The number of likely N-dealkylation sites (N-methyl/N-ethyl adjacent to an activating group) is 1. The molecule has 5 heteroatoms. The summed E-state index contributed by atoms with van der Waals surface area (Å²) in [5, 5.41) is 4.84. The van der Waals surface area contributed by atoms with E-state index in [4.69, 9.17) is 11.6 Å². The zero-order chi connectivity index (χ0) is 18.8. The molecule has 0 radical (unpaired) electrons. The summed E-state index contributed by atoms with van der Waals surface area (Å²) >= 11 is 6.34. The van der Waals surface area contributed by atoms with Crippen LogP contribution in [0.2, 0.25) is 5.02 Å². The van der Waals surface area contributed by atoms with E-state index < -0.39 is 0 Å². The first kappa shape index (κ1) is 18.5. The van der Waals surface area contributed by atoms with E-state index in [0.29, 0.717) is 17.1 Å². The van der Waals surface area contributed by atoms with Crippen LogP contribution in [0, 0.1) is 13.8 Å². The van der Waals surface area contributed by atoms with Crippen LogP contribution in [0.25, 0.3) is 10.9 Å². The Balaban J connectivity index is 1.79. The molecule has 136 valence electrons. The number of fused-ring (bicyclic) bond motifs is 1. The maximum absolute atomic E-state index is 12.7. The topological polar surface area (TPSA) is 48.1 Å². The average molecular weight is 370 g/mol. The number of benzene rings is 2. The van der Waals surface area contributed by atoms with Gasteiger partial charge in [-0.05, 0) is 63.3 Å². The number of carbonyl (C=O) groups excluding carboxylic acids is 1. The average Bonchev–Trinajstić information content (AvgIpc) is 2.90.